The number of amides is 1. The summed E-state index contributed by atoms with van der Waals surface area (Å²) in [4.78, 5) is 18.1. The average Bonchev–Trinajstić information content (AvgIpc) is 3.78. The van der Waals surface area contributed by atoms with Gasteiger partial charge in [0.25, 0.3) is 10.1 Å². The van der Waals surface area contributed by atoms with Gasteiger partial charge in [-0.2, -0.15) is 8.42 Å². The van der Waals surface area contributed by atoms with Crippen LogP contribution in [0.5, 0.6) is 5.75 Å². The third-order valence-corrected chi connectivity index (χ3v) is 8.57. The van der Waals surface area contributed by atoms with E-state index in [1.54, 1.807) is 12.1 Å². The van der Waals surface area contributed by atoms with Crippen LogP contribution in [0.1, 0.15) is 44.1 Å². The first-order chi connectivity index (χ1) is 17.7. The summed E-state index contributed by atoms with van der Waals surface area (Å²) in [5.74, 6) is 0.583. The van der Waals surface area contributed by atoms with E-state index in [-0.39, 0.29) is 19.1 Å². The first-order valence-corrected chi connectivity index (χ1v) is 15.4. The number of hydrogen-bond acceptors (Lipinski definition) is 6. The van der Waals surface area contributed by atoms with Gasteiger partial charge in [0.05, 0.1) is 34.7 Å². The Kier molecular flexibility index (Phi) is 7.65. The van der Waals surface area contributed by atoms with E-state index in [4.69, 9.17) is 32.1 Å². The molecule has 1 heterocycles. The van der Waals surface area contributed by atoms with E-state index in [1.165, 1.54) is 12.8 Å². The highest BCUT2D eigenvalue weighted by atomic mass is 35.5. The summed E-state index contributed by atoms with van der Waals surface area (Å²) in [6, 6.07) is 12.3. The molecule has 0 bridgehead atoms. The molecule has 200 valence electrons. The molecule has 7 nitrogen and oxygen atoms in total. The van der Waals surface area contributed by atoms with Crippen molar-refractivity contribution in [3.8, 4) is 5.75 Å². The fourth-order valence-corrected chi connectivity index (χ4v) is 5.84. The van der Waals surface area contributed by atoms with Gasteiger partial charge in [-0.3, -0.25) is 8.98 Å². The van der Waals surface area contributed by atoms with Gasteiger partial charge in [0.15, 0.2) is 0 Å². The number of aryl methyl sites for hydroxylation is 1. The summed E-state index contributed by atoms with van der Waals surface area (Å²) in [5.41, 5.74) is 2.46. The Bertz CT molecular complexity index is 1280. The van der Waals surface area contributed by atoms with Gasteiger partial charge in [-0.05, 0) is 68.7 Å². The van der Waals surface area contributed by atoms with E-state index >= 15 is 0 Å². The predicted molar refractivity (Wildman–Crippen MR) is 147 cm³/mol. The quantitative estimate of drug-likeness (QED) is 0.265. The SMILES string of the molecule is CS(=O)(=O)OCCCCc1cc(Cl)c(OCC2(C(=O)N3CCN(C4CC4)c4ccccc43)CC2)cc1Cl. The summed E-state index contributed by atoms with van der Waals surface area (Å²) >= 11 is 13.0. The third kappa shape index (κ3) is 6.19. The zero-order valence-electron chi connectivity index (χ0n) is 20.9. The molecule has 1 amide bonds. The molecule has 1 aliphatic heterocycles. The zero-order chi connectivity index (χ0) is 26.2. The maximum absolute atomic E-state index is 13.7. The monoisotopic (exact) mass is 566 g/mol. The molecular formula is C27H32Cl2N2O5S. The van der Waals surface area contributed by atoms with Crippen LogP contribution in [0.3, 0.4) is 0 Å². The second kappa shape index (κ2) is 10.6. The number of benzene rings is 2. The average molecular weight is 568 g/mol. The lowest BCUT2D eigenvalue weighted by Crippen LogP contribution is -2.48. The number of anilines is 2. The molecule has 3 aliphatic rings. The van der Waals surface area contributed by atoms with Crippen LogP contribution >= 0.6 is 23.2 Å². The largest absolute Gasteiger partial charge is 0.491 e. The molecule has 2 aliphatic carbocycles. The fraction of sp³-hybridized carbons (Fsp3) is 0.519. The molecule has 2 aromatic carbocycles. The Balaban J connectivity index is 1.20. The number of nitrogens with zero attached hydrogens (tertiary/aromatic N) is 2. The smallest absolute Gasteiger partial charge is 0.264 e. The van der Waals surface area contributed by atoms with E-state index < -0.39 is 15.5 Å². The molecule has 0 atom stereocenters. The number of halogens is 2. The molecule has 10 heteroatoms. The lowest BCUT2D eigenvalue weighted by Gasteiger charge is -2.39. The van der Waals surface area contributed by atoms with Crippen molar-refractivity contribution in [1.82, 2.24) is 0 Å². The Labute approximate surface area is 228 Å². The summed E-state index contributed by atoms with van der Waals surface area (Å²) in [6.07, 6.45) is 6.99. The molecule has 37 heavy (non-hydrogen) atoms. The van der Waals surface area contributed by atoms with E-state index in [0.29, 0.717) is 47.6 Å². The van der Waals surface area contributed by atoms with Gasteiger partial charge in [-0.25, -0.2) is 0 Å². The highest BCUT2D eigenvalue weighted by molar-refractivity contribution is 7.85. The van der Waals surface area contributed by atoms with E-state index in [2.05, 4.69) is 11.0 Å². The minimum absolute atomic E-state index is 0.116. The number of para-hydroxylation sites is 2. The Morgan fingerprint density at radius 3 is 2.46 bits per heavy atom. The number of unbranched alkanes of at least 4 members (excludes halogenated alkanes) is 1. The van der Waals surface area contributed by atoms with Crippen LogP contribution < -0.4 is 14.5 Å². The standard InChI is InChI=1S/C27H32Cl2N2O5S/c1-37(33,34)36-15-5-4-6-19-16-22(29)25(17-21(19)28)35-18-27(11-12-27)26(32)31-14-13-30(20-9-10-20)23-7-2-3-8-24(23)31/h2-3,7-8,16-17,20H,4-6,9-15,18H2,1H3. The number of carbonyl (C=O) groups is 1. The molecular weight excluding hydrogens is 535 g/mol. The van der Waals surface area contributed by atoms with Crippen LogP contribution in [0.25, 0.3) is 0 Å². The van der Waals surface area contributed by atoms with Crippen molar-refractivity contribution in [2.75, 3.05) is 42.4 Å². The van der Waals surface area contributed by atoms with Crippen molar-refractivity contribution in [3.63, 3.8) is 0 Å². The van der Waals surface area contributed by atoms with Gasteiger partial charge in [-0.1, -0.05) is 35.3 Å². The molecule has 0 radical (unpaired) electrons. The zero-order valence-corrected chi connectivity index (χ0v) is 23.2. The maximum Gasteiger partial charge on any atom is 0.264 e. The summed E-state index contributed by atoms with van der Waals surface area (Å²) < 4.78 is 33.0. The number of carbonyl (C=O) groups excluding carboxylic acids is 1. The minimum Gasteiger partial charge on any atom is -0.491 e. The number of rotatable bonds is 11. The first kappa shape index (κ1) is 26.6. The molecule has 0 spiro atoms. The number of fused-ring (bicyclic) bond motifs is 1. The number of ether oxygens (including phenoxy) is 1. The normalized spacial score (nSPS) is 18.5. The second-order valence-corrected chi connectivity index (χ2v) is 12.8. The minimum atomic E-state index is -3.43. The van der Waals surface area contributed by atoms with E-state index in [0.717, 1.165) is 42.6 Å². The molecule has 0 N–H and O–H groups in total. The maximum atomic E-state index is 13.7. The Morgan fingerprint density at radius 1 is 1.05 bits per heavy atom. The van der Waals surface area contributed by atoms with Crippen molar-refractivity contribution >= 4 is 50.6 Å². The lowest BCUT2D eigenvalue weighted by molar-refractivity contribution is -0.124. The van der Waals surface area contributed by atoms with Crippen molar-refractivity contribution in [1.29, 1.82) is 0 Å². The molecule has 2 saturated carbocycles. The van der Waals surface area contributed by atoms with Gasteiger partial charge >= 0.3 is 0 Å². The van der Waals surface area contributed by atoms with Crippen LogP contribution in [0.2, 0.25) is 10.0 Å². The third-order valence-electron chi connectivity index (χ3n) is 7.33. The topological polar surface area (TPSA) is 76.2 Å². The first-order valence-electron chi connectivity index (χ1n) is 12.8. The van der Waals surface area contributed by atoms with Gasteiger partial charge < -0.3 is 14.5 Å². The van der Waals surface area contributed by atoms with E-state index in [1.807, 2.05) is 23.1 Å². The van der Waals surface area contributed by atoms with Gasteiger partial charge in [0.2, 0.25) is 5.91 Å². The van der Waals surface area contributed by atoms with Crippen LogP contribution in [-0.4, -0.2) is 52.9 Å². The highest BCUT2D eigenvalue weighted by Crippen LogP contribution is 2.50. The van der Waals surface area contributed by atoms with Gasteiger partial charge in [0.1, 0.15) is 12.4 Å². The van der Waals surface area contributed by atoms with Crippen molar-refractivity contribution in [2.45, 2.75) is 51.0 Å². The van der Waals surface area contributed by atoms with Gasteiger partial charge in [-0.15, -0.1) is 0 Å². The lowest BCUT2D eigenvalue weighted by atomic mass is 10.0. The molecule has 2 aromatic rings. The molecule has 2 fully saturated rings. The fourth-order valence-electron chi connectivity index (χ4n) is 4.93. The van der Waals surface area contributed by atoms with E-state index in [9.17, 15) is 13.2 Å². The summed E-state index contributed by atoms with van der Waals surface area (Å²) in [7, 11) is -3.43. The summed E-state index contributed by atoms with van der Waals surface area (Å²) in [5, 5.41) is 0.975. The van der Waals surface area contributed by atoms with Gasteiger partial charge in [0, 0.05) is 30.2 Å². The van der Waals surface area contributed by atoms with Crippen molar-refractivity contribution in [3.05, 3.63) is 52.0 Å². The predicted octanol–water partition coefficient (Wildman–Crippen LogP) is 5.47. The van der Waals surface area contributed by atoms with Crippen molar-refractivity contribution in [2.24, 2.45) is 5.41 Å². The van der Waals surface area contributed by atoms with Crippen LogP contribution in [0.4, 0.5) is 11.4 Å². The molecule has 5 rings (SSSR count). The Morgan fingerprint density at radius 2 is 1.78 bits per heavy atom. The Hall–Kier alpha value is -2.00. The second-order valence-electron chi connectivity index (χ2n) is 10.3. The summed E-state index contributed by atoms with van der Waals surface area (Å²) in [6.45, 7) is 1.94. The molecule has 0 unspecified atom stereocenters. The molecule has 0 saturated heterocycles. The van der Waals surface area contributed by atoms with Crippen molar-refractivity contribution < 1.29 is 22.1 Å². The van der Waals surface area contributed by atoms with Crippen LogP contribution in [0, 0.1) is 5.41 Å². The molecule has 0 aromatic heterocycles. The van der Waals surface area contributed by atoms with Crippen LogP contribution in [0.15, 0.2) is 36.4 Å². The highest BCUT2D eigenvalue weighted by Gasteiger charge is 2.54. The number of hydrogen-bond donors (Lipinski definition) is 0. The van der Waals surface area contributed by atoms with Crippen LogP contribution in [-0.2, 0) is 25.5 Å².